The molecule has 0 saturated heterocycles. The second-order valence-corrected chi connectivity index (χ2v) is 7.08. The zero-order chi connectivity index (χ0) is 13.2. The van der Waals surface area contributed by atoms with Crippen molar-refractivity contribution in [3.05, 3.63) is 10.9 Å². The molecule has 17 heavy (non-hydrogen) atoms. The fourth-order valence-electron chi connectivity index (χ4n) is 1.62. The lowest BCUT2D eigenvalue weighted by Crippen LogP contribution is -2.30. The molecule has 98 valence electrons. The maximum absolute atomic E-state index is 12.2. The van der Waals surface area contributed by atoms with E-state index in [9.17, 15) is 13.5 Å². The lowest BCUT2D eigenvalue weighted by Gasteiger charge is -2.17. The second kappa shape index (κ2) is 5.37. The van der Waals surface area contributed by atoms with Crippen LogP contribution in [0.25, 0.3) is 0 Å². The quantitative estimate of drug-likeness (QED) is 0.900. The summed E-state index contributed by atoms with van der Waals surface area (Å²) in [6.45, 7) is 8.25. The molecule has 0 aliphatic carbocycles. The van der Waals surface area contributed by atoms with Gasteiger partial charge in [0.1, 0.15) is 5.75 Å². The highest BCUT2D eigenvalue weighted by Crippen LogP contribution is 2.38. The third kappa shape index (κ3) is 2.64. The molecule has 0 aliphatic rings. The molecule has 0 unspecified atom stereocenters. The molecule has 1 N–H and O–H groups in total. The van der Waals surface area contributed by atoms with Crippen molar-refractivity contribution in [1.29, 1.82) is 0 Å². The summed E-state index contributed by atoms with van der Waals surface area (Å²) in [5, 5.41) is 11.7. The van der Waals surface area contributed by atoms with Crippen molar-refractivity contribution < 1.29 is 13.5 Å². The van der Waals surface area contributed by atoms with Crippen molar-refractivity contribution in [2.45, 2.75) is 37.8 Å². The highest BCUT2D eigenvalue weighted by molar-refractivity contribution is 7.91. The minimum atomic E-state index is -3.54. The maximum atomic E-state index is 12.2. The standard InChI is InChI=1S/C11H19NO3S2/c1-5-12(6-2)17(14,15)11-10(13)9(7-16-11)8(3)4/h7-8,13H,5-6H2,1-4H3. The fourth-order valence-corrected chi connectivity index (χ4v) is 4.69. The third-order valence-electron chi connectivity index (χ3n) is 2.66. The van der Waals surface area contributed by atoms with Gasteiger partial charge in [0.15, 0.2) is 4.21 Å². The summed E-state index contributed by atoms with van der Waals surface area (Å²) in [6, 6.07) is 0. The molecule has 4 nitrogen and oxygen atoms in total. The normalized spacial score (nSPS) is 12.6. The summed E-state index contributed by atoms with van der Waals surface area (Å²) < 4.78 is 25.9. The van der Waals surface area contributed by atoms with Crippen molar-refractivity contribution >= 4 is 21.4 Å². The Kier molecular flexibility index (Phi) is 4.57. The summed E-state index contributed by atoms with van der Waals surface area (Å²) in [6.07, 6.45) is 0. The molecule has 0 saturated carbocycles. The Morgan fingerprint density at radius 2 is 1.88 bits per heavy atom. The molecular weight excluding hydrogens is 258 g/mol. The number of sulfonamides is 1. The molecule has 0 aromatic carbocycles. The Balaban J connectivity index is 3.25. The first-order chi connectivity index (χ1) is 7.86. The Morgan fingerprint density at radius 1 is 1.35 bits per heavy atom. The van der Waals surface area contributed by atoms with Crippen LogP contribution in [-0.2, 0) is 10.0 Å². The number of nitrogens with zero attached hydrogens (tertiary/aromatic N) is 1. The largest absolute Gasteiger partial charge is 0.505 e. The topological polar surface area (TPSA) is 57.6 Å². The molecule has 0 spiro atoms. The summed E-state index contributed by atoms with van der Waals surface area (Å²) in [5.41, 5.74) is 0.695. The third-order valence-corrected chi connectivity index (χ3v) is 6.22. The number of rotatable bonds is 5. The number of hydrogen-bond donors (Lipinski definition) is 1. The van der Waals surface area contributed by atoms with E-state index >= 15 is 0 Å². The van der Waals surface area contributed by atoms with Crippen molar-refractivity contribution in [3.8, 4) is 5.75 Å². The zero-order valence-electron chi connectivity index (χ0n) is 10.6. The minimum absolute atomic E-state index is 0.0601. The maximum Gasteiger partial charge on any atom is 0.256 e. The van der Waals surface area contributed by atoms with E-state index in [0.29, 0.717) is 18.7 Å². The van der Waals surface area contributed by atoms with E-state index in [-0.39, 0.29) is 15.9 Å². The van der Waals surface area contributed by atoms with Crippen LogP contribution in [0.3, 0.4) is 0 Å². The molecule has 0 amide bonds. The van der Waals surface area contributed by atoms with Gasteiger partial charge in [0.2, 0.25) is 0 Å². The molecule has 0 atom stereocenters. The van der Waals surface area contributed by atoms with Gasteiger partial charge in [-0.2, -0.15) is 4.31 Å². The van der Waals surface area contributed by atoms with Gasteiger partial charge in [-0.25, -0.2) is 8.42 Å². The highest BCUT2D eigenvalue weighted by Gasteiger charge is 2.28. The Hall–Kier alpha value is -0.590. The van der Waals surface area contributed by atoms with Gasteiger partial charge in [-0.3, -0.25) is 0 Å². The van der Waals surface area contributed by atoms with Crippen LogP contribution in [-0.4, -0.2) is 30.9 Å². The molecule has 0 radical (unpaired) electrons. The lowest BCUT2D eigenvalue weighted by atomic mass is 10.1. The van der Waals surface area contributed by atoms with Crippen LogP contribution < -0.4 is 0 Å². The van der Waals surface area contributed by atoms with Crippen LogP contribution in [0.4, 0.5) is 0 Å². The van der Waals surface area contributed by atoms with Gasteiger partial charge in [0, 0.05) is 18.7 Å². The van der Waals surface area contributed by atoms with E-state index in [1.165, 1.54) is 4.31 Å². The molecule has 0 fully saturated rings. The van der Waals surface area contributed by atoms with Crippen LogP contribution in [0.2, 0.25) is 0 Å². The minimum Gasteiger partial charge on any atom is -0.505 e. The SMILES string of the molecule is CCN(CC)S(=O)(=O)c1scc(C(C)C)c1O. The van der Waals surface area contributed by atoms with E-state index in [4.69, 9.17) is 0 Å². The summed E-state index contributed by atoms with van der Waals surface area (Å²) >= 11 is 1.09. The molecule has 1 heterocycles. The molecule has 0 aliphatic heterocycles. The van der Waals surface area contributed by atoms with E-state index < -0.39 is 10.0 Å². The van der Waals surface area contributed by atoms with Crippen LogP contribution in [0.5, 0.6) is 5.75 Å². The average Bonchev–Trinajstić information content (AvgIpc) is 2.62. The zero-order valence-corrected chi connectivity index (χ0v) is 12.2. The molecule has 6 heteroatoms. The molecule has 1 aromatic heterocycles. The second-order valence-electron chi connectivity index (χ2n) is 4.07. The number of thiophene rings is 1. The van der Waals surface area contributed by atoms with Crippen molar-refractivity contribution in [2.24, 2.45) is 0 Å². The van der Waals surface area contributed by atoms with Gasteiger partial charge in [0.25, 0.3) is 10.0 Å². The first-order valence-corrected chi connectivity index (χ1v) is 7.98. The van der Waals surface area contributed by atoms with Crippen LogP contribution in [0, 0.1) is 0 Å². The fraction of sp³-hybridized carbons (Fsp3) is 0.636. The summed E-state index contributed by atoms with van der Waals surface area (Å²) in [5.74, 6) is 0.0313. The van der Waals surface area contributed by atoms with Gasteiger partial charge in [-0.1, -0.05) is 27.7 Å². The lowest BCUT2D eigenvalue weighted by molar-refractivity contribution is 0.430. The van der Waals surface area contributed by atoms with Crippen LogP contribution in [0.15, 0.2) is 9.59 Å². The van der Waals surface area contributed by atoms with E-state index in [2.05, 4.69) is 0 Å². The first kappa shape index (κ1) is 14.5. The van der Waals surface area contributed by atoms with Gasteiger partial charge in [0.05, 0.1) is 0 Å². The van der Waals surface area contributed by atoms with Crippen molar-refractivity contribution in [2.75, 3.05) is 13.1 Å². The average molecular weight is 277 g/mol. The Morgan fingerprint density at radius 3 is 2.24 bits per heavy atom. The van der Waals surface area contributed by atoms with E-state index in [1.54, 1.807) is 19.2 Å². The Bertz CT molecular complexity index is 473. The van der Waals surface area contributed by atoms with Gasteiger partial charge in [-0.15, -0.1) is 11.3 Å². The smallest absolute Gasteiger partial charge is 0.256 e. The highest BCUT2D eigenvalue weighted by atomic mass is 32.2. The predicted molar refractivity (Wildman–Crippen MR) is 70.2 cm³/mol. The first-order valence-electron chi connectivity index (χ1n) is 5.66. The molecular formula is C11H19NO3S2. The number of aromatic hydroxyl groups is 1. The van der Waals surface area contributed by atoms with Crippen LogP contribution >= 0.6 is 11.3 Å². The van der Waals surface area contributed by atoms with E-state index in [1.807, 2.05) is 13.8 Å². The molecule has 0 bridgehead atoms. The van der Waals surface area contributed by atoms with Gasteiger partial charge >= 0.3 is 0 Å². The van der Waals surface area contributed by atoms with Crippen molar-refractivity contribution in [3.63, 3.8) is 0 Å². The summed E-state index contributed by atoms with van der Waals surface area (Å²) in [7, 11) is -3.54. The van der Waals surface area contributed by atoms with Gasteiger partial charge in [-0.05, 0) is 11.3 Å². The van der Waals surface area contributed by atoms with Crippen molar-refractivity contribution in [1.82, 2.24) is 4.31 Å². The van der Waals surface area contributed by atoms with Gasteiger partial charge < -0.3 is 5.11 Å². The summed E-state index contributed by atoms with van der Waals surface area (Å²) in [4.78, 5) is 0. The van der Waals surface area contributed by atoms with Crippen LogP contribution in [0.1, 0.15) is 39.2 Å². The Labute approximate surface area is 107 Å². The molecule has 1 aromatic rings. The number of hydrogen-bond acceptors (Lipinski definition) is 4. The predicted octanol–water partition coefficient (Wildman–Crippen LogP) is 2.61. The van der Waals surface area contributed by atoms with E-state index in [0.717, 1.165) is 11.3 Å². The molecule has 1 rings (SSSR count). The monoisotopic (exact) mass is 277 g/mol.